The highest BCUT2D eigenvalue weighted by atomic mass is 16.5. The van der Waals surface area contributed by atoms with Gasteiger partial charge in [-0.1, -0.05) is 12.2 Å². The predicted molar refractivity (Wildman–Crippen MR) is 38.0 cm³/mol. The SMILES string of the molecule is O=C1C[C@H]2C=C[C@H](O2)[C@H]1CO. The summed E-state index contributed by atoms with van der Waals surface area (Å²) in [7, 11) is 0. The maximum absolute atomic E-state index is 11.2. The van der Waals surface area contributed by atoms with Crippen LogP contribution in [0.2, 0.25) is 0 Å². The normalized spacial score (nSPS) is 41.5. The van der Waals surface area contributed by atoms with Crippen LogP contribution in [0.5, 0.6) is 0 Å². The smallest absolute Gasteiger partial charge is 0.144 e. The molecule has 0 aliphatic carbocycles. The summed E-state index contributed by atoms with van der Waals surface area (Å²) in [6.07, 6.45) is 4.02. The van der Waals surface area contributed by atoms with Gasteiger partial charge in [-0.2, -0.15) is 0 Å². The molecule has 0 aromatic heterocycles. The molecule has 3 atom stereocenters. The van der Waals surface area contributed by atoms with Crippen LogP contribution in [-0.4, -0.2) is 29.7 Å². The molecule has 0 saturated carbocycles. The number of carbonyl (C=O) groups is 1. The van der Waals surface area contributed by atoms with E-state index in [0.717, 1.165) is 0 Å². The Bertz CT molecular complexity index is 209. The molecule has 1 saturated heterocycles. The molecule has 3 heteroatoms. The van der Waals surface area contributed by atoms with Crippen LogP contribution >= 0.6 is 0 Å². The van der Waals surface area contributed by atoms with Gasteiger partial charge in [0.05, 0.1) is 24.7 Å². The van der Waals surface area contributed by atoms with E-state index >= 15 is 0 Å². The molecule has 0 spiro atoms. The van der Waals surface area contributed by atoms with Crippen molar-refractivity contribution in [2.24, 2.45) is 5.92 Å². The van der Waals surface area contributed by atoms with E-state index in [9.17, 15) is 4.79 Å². The molecule has 2 aliphatic heterocycles. The summed E-state index contributed by atoms with van der Waals surface area (Å²) < 4.78 is 5.38. The highest BCUT2D eigenvalue weighted by Crippen LogP contribution is 2.28. The second-order valence-electron chi connectivity index (χ2n) is 2.98. The molecule has 0 unspecified atom stereocenters. The zero-order chi connectivity index (χ0) is 7.84. The maximum Gasteiger partial charge on any atom is 0.144 e. The van der Waals surface area contributed by atoms with Gasteiger partial charge in [-0.15, -0.1) is 0 Å². The van der Waals surface area contributed by atoms with Crippen molar-refractivity contribution in [3.8, 4) is 0 Å². The number of Topliss-reactive ketones (excluding diaryl/α,β-unsaturated/α-hetero) is 1. The van der Waals surface area contributed by atoms with Crippen molar-refractivity contribution in [3.05, 3.63) is 12.2 Å². The summed E-state index contributed by atoms with van der Waals surface area (Å²) in [5.41, 5.74) is 0. The third-order valence-electron chi connectivity index (χ3n) is 2.26. The summed E-state index contributed by atoms with van der Waals surface area (Å²) >= 11 is 0. The molecular weight excluding hydrogens is 144 g/mol. The Morgan fingerprint density at radius 3 is 3.18 bits per heavy atom. The van der Waals surface area contributed by atoms with Crippen LogP contribution in [0.4, 0.5) is 0 Å². The first-order valence-corrected chi connectivity index (χ1v) is 3.78. The van der Waals surface area contributed by atoms with E-state index in [1.807, 2.05) is 12.2 Å². The van der Waals surface area contributed by atoms with Crippen LogP contribution in [0.3, 0.4) is 0 Å². The van der Waals surface area contributed by atoms with Crippen molar-refractivity contribution in [3.63, 3.8) is 0 Å². The molecule has 2 bridgehead atoms. The van der Waals surface area contributed by atoms with Gasteiger partial charge < -0.3 is 9.84 Å². The summed E-state index contributed by atoms with van der Waals surface area (Å²) in [4.78, 5) is 11.2. The molecule has 0 amide bonds. The van der Waals surface area contributed by atoms with Gasteiger partial charge in [-0.3, -0.25) is 4.79 Å². The zero-order valence-electron chi connectivity index (χ0n) is 6.06. The van der Waals surface area contributed by atoms with E-state index in [4.69, 9.17) is 9.84 Å². The number of rotatable bonds is 1. The molecule has 0 radical (unpaired) electrons. The van der Waals surface area contributed by atoms with Gasteiger partial charge in [0.25, 0.3) is 0 Å². The minimum absolute atomic E-state index is 0.0182. The molecular formula is C8H10O3. The topological polar surface area (TPSA) is 46.5 Å². The Balaban J connectivity index is 2.19. The lowest BCUT2D eigenvalue weighted by Gasteiger charge is -2.26. The molecule has 1 fully saturated rings. The van der Waals surface area contributed by atoms with Crippen LogP contribution < -0.4 is 0 Å². The van der Waals surface area contributed by atoms with Gasteiger partial charge in [0.15, 0.2) is 0 Å². The van der Waals surface area contributed by atoms with Gasteiger partial charge in [-0.25, -0.2) is 0 Å². The fourth-order valence-electron chi connectivity index (χ4n) is 1.61. The number of hydrogen-bond acceptors (Lipinski definition) is 3. The van der Waals surface area contributed by atoms with E-state index < -0.39 is 0 Å². The molecule has 2 heterocycles. The van der Waals surface area contributed by atoms with Crippen molar-refractivity contribution in [2.75, 3.05) is 6.61 Å². The van der Waals surface area contributed by atoms with Gasteiger partial charge in [0.2, 0.25) is 0 Å². The first-order chi connectivity index (χ1) is 5.31. The van der Waals surface area contributed by atoms with E-state index in [0.29, 0.717) is 6.42 Å². The Morgan fingerprint density at radius 2 is 2.45 bits per heavy atom. The molecule has 2 aliphatic rings. The average Bonchev–Trinajstić information content (AvgIpc) is 2.34. The Hall–Kier alpha value is -0.670. The van der Waals surface area contributed by atoms with E-state index in [1.54, 1.807) is 0 Å². The van der Waals surface area contributed by atoms with E-state index in [2.05, 4.69) is 0 Å². The van der Waals surface area contributed by atoms with Gasteiger partial charge in [-0.05, 0) is 0 Å². The minimum atomic E-state index is -0.315. The maximum atomic E-state index is 11.2. The van der Waals surface area contributed by atoms with Crippen molar-refractivity contribution < 1.29 is 14.6 Å². The largest absolute Gasteiger partial charge is 0.396 e. The highest BCUT2D eigenvalue weighted by Gasteiger charge is 2.38. The lowest BCUT2D eigenvalue weighted by molar-refractivity contribution is -0.138. The predicted octanol–water partition coefficient (Wildman–Crippen LogP) is -0.109. The highest BCUT2D eigenvalue weighted by molar-refractivity contribution is 5.84. The molecule has 3 nitrogen and oxygen atoms in total. The standard InChI is InChI=1S/C8H10O3/c9-4-6-7(10)3-5-1-2-8(6)11-5/h1-2,5-6,8-9H,3-4H2/t5-,6+,8+/m1/s1. The first-order valence-electron chi connectivity index (χ1n) is 3.78. The number of hydrogen-bond donors (Lipinski definition) is 1. The van der Waals surface area contributed by atoms with Gasteiger partial charge in [0, 0.05) is 6.42 Å². The third-order valence-corrected chi connectivity index (χ3v) is 2.26. The lowest BCUT2D eigenvalue weighted by atomic mass is 9.95. The molecule has 2 rings (SSSR count). The summed E-state index contributed by atoms with van der Waals surface area (Å²) in [5.74, 6) is -0.191. The van der Waals surface area contributed by atoms with Crippen molar-refractivity contribution in [1.29, 1.82) is 0 Å². The van der Waals surface area contributed by atoms with Crippen LogP contribution in [0, 0.1) is 5.92 Å². The fraction of sp³-hybridized carbons (Fsp3) is 0.625. The molecule has 0 aromatic carbocycles. The number of ketones is 1. The van der Waals surface area contributed by atoms with E-state index in [-0.39, 0.29) is 30.5 Å². The monoisotopic (exact) mass is 154 g/mol. The summed E-state index contributed by atoms with van der Waals surface area (Å²) in [6.45, 7) is -0.0967. The number of ether oxygens (including phenoxy) is 1. The minimum Gasteiger partial charge on any atom is -0.396 e. The molecule has 0 aromatic rings. The number of fused-ring (bicyclic) bond motifs is 2. The second kappa shape index (κ2) is 2.43. The Kier molecular flexibility index (Phi) is 1.55. The lowest BCUT2D eigenvalue weighted by Crippen LogP contribution is -2.38. The average molecular weight is 154 g/mol. The van der Waals surface area contributed by atoms with Crippen LogP contribution in [0.1, 0.15) is 6.42 Å². The van der Waals surface area contributed by atoms with Crippen LogP contribution in [0.25, 0.3) is 0 Å². The van der Waals surface area contributed by atoms with Gasteiger partial charge >= 0.3 is 0 Å². The van der Waals surface area contributed by atoms with Gasteiger partial charge in [0.1, 0.15) is 5.78 Å². The van der Waals surface area contributed by atoms with Crippen LogP contribution in [0.15, 0.2) is 12.2 Å². The summed E-state index contributed by atoms with van der Waals surface area (Å²) in [5, 5.41) is 8.85. The quantitative estimate of drug-likeness (QED) is 0.536. The number of aliphatic hydroxyl groups is 1. The van der Waals surface area contributed by atoms with E-state index in [1.165, 1.54) is 0 Å². The fourth-order valence-corrected chi connectivity index (χ4v) is 1.61. The van der Waals surface area contributed by atoms with Crippen molar-refractivity contribution in [1.82, 2.24) is 0 Å². The third kappa shape index (κ3) is 1.01. The molecule has 60 valence electrons. The zero-order valence-corrected chi connectivity index (χ0v) is 6.06. The van der Waals surface area contributed by atoms with Crippen molar-refractivity contribution >= 4 is 5.78 Å². The number of carbonyl (C=O) groups excluding carboxylic acids is 1. The van der Waals surface area contributed by atoms with Crippen molar-refractivity contribution in [2.45, 2.75) is 18.6 Å². The summed E-state index contributed by atoms with van der Waals surface area (Å²) in [6, 6.07) is 0. The molecule has 1 N–H and O–H groups in total. The Morgan fingerprint density at radius 1 is 1.64 bits per heavy atom. The first kappa shape index (κ1) is 7.00. The van der Waals surface area contributed by atoms with Crippen LogP contribution in [-0.2, 0) is 9.53 Å². The Labute approximate surface area is 64.7 Å². The molecule has 11 heavy (non-hydrogen) atoms. The second-order valence-corrected chi connectivity index (χ2v) is 2.98. The number of aliphatic hydroxyl groups excluding tert-OH is 1.